The van der Waals surface area contributed by atoms with Crippen molar-refractivity contribution in [3.63, 3.8) is 0 Å². The van der Waals surface area contributed by atoms with Crippen LogP contribution >= 0.6 is 7.14 Å². The third kappa shape index (κ3) is 1.28. The molecule has 2 aliphatic rings. The van der Waals surface area contributed by atoms with E-state index >= 15 is 0 Å². The normalized spacial score (nSPS) is 41.2. The fraction of sp³-hybridized carbons (Fsp3) is 0.429. The van der Waals surface area contributed by atoms with Gasteiger partial charge in [-0.25, -0.2) is 0 Å². The summed E-state index contributed by atoms with van der Waals surface area (Å²) in [6.07, 6.45) is 5.77. The average molecular weight is 232 g/mol. The van der Waals surface area contributed by atoms with Crippen molar-refractivity contribution in [2.45, 2.75) is 31.8 Å². The van der Waals surface area contributed by atoms with E-state index in [1.807, 2.05) is 36.1 Å². The van der Waals surface area contributed by atoms with Gasteiger partial charge in [-0.1, -0.05) is 49.8 Å². The lowest BCUT2D eigenvalue weighted by atomic mass is 9.89. The number of benzene rings is 1. The van der Waals surface area contributed by atoms with E-state index in [4.69, 9.17) is 0 Å². The first-order valence-electron chi connectivity index (χ1n) is 6.01. The minimum absolute atomic E-state index is 0.200. The molecule has 0 unspecified atom stereocenters. The fourth-order valence-electron chi connectivity index (χ4n) is 3.31. The topological polar surface area (TPSA) is 17.1 Å². The van der Waals surface area contributed by atoms with Crippen LogP contribution in [0.4, 0.5) is 0 Å². The molecule has 0 N–H and O–H groups in total. The summed E-state index contributed by atoms with van der Waals surface area (Å²) in [5.41, 5.74) is 0.563. The first kappa shape index (κ1) is 10.4. The van der Waals surface area contributed by atoms with E-state index < -0.39 is 7.14 Å². The predicted molar refractivity (Wildman–Crippen MR) is 68.6 cm³/mol. The SMILES string of the molecule is C[C@]12C=C[P@](=O)(c3ccccc3)[C@H]1CCC2. The summed E-state index contributed by atoms with van der Waals surface area (Å²) in [5.74, 6) is 2.02. The molecular formula is C14H17OP. The maximum Gasteiger partial charge on any atom is 0.139 e. The molecule has 1 aliphatic carbocycles. The monoisotopic (exact) mass is 232 g/mol. The van der Waals surface area contributed by atoms with Gasteiger partial charge in [0.25, 0.3) is 0 Å². The highest BCUT2D eigenvalue weighted by atomic mass is 31.2. The van der Waals surface area contributed by atoms with Crippen LogP contribution < -0.4 is 5.30 Å². The highest BCUT2D eigenvalue weighted by Gasteiger charge is 2.51. The van der Waals surface area contributed by atoms with Crippen LogP contribution in [0.1, 0.15) is 26.2 Å². The van der Waals surface area contributed by atoms with Gasteiger partial charge in [-0.2, -0.15) is 0 Å². The molecule has 1 nitrogen and oxygen atoms in total. The molecule has 1 fully saturated rings. The van der Waals surface area contributed by atoms with Crippen LogP contribution in [0.5, 0.6) is 0 Å². The fourth-order valence-corrected chi connectivity index (χ4v) is 6.91. The summed E-state index contributed by atoms with van der Waals surface area (Å²) in [7, 11) is -2.27. The Morgan fingerprint density at radius 1 is 1.31 bits per heavy atom. The highest BCUT2D eigenvalue weighted by Crippen LogP contribution is 2.68. The van der Waals surface area contributed by atoms with E-state index in [1.165, 1.54) is 12.8 Å². The second kappa shape index (κ2) is 3.34. The van der Waals surface area contributed by atoms with Gasteiger partial charge in [0.1, 0.15) is 7.14 Å². The molecule has 0 amide bonds. The zero-order valence-corrected chi connectivity index (χ0v) is 10.5. The molecule has 0 bridgehead atoms. The van der Waals surface area contributed by atoms with Crippen LogP contribution in [0, 0.1) is 5.41 Å². The number of fused-ring (bicyclic) bond motifs is 1. The van der Waals surface area contributed by atoms with Gasteiger partial charge in [-0.15, -0.1) is 0 Å². The first-order valence-corrected chi connectivity index (χ1v) is 7.85. The second-order valence-corrected chi connectivity index (χ2v) is 8.13. The summed E-state index contributed by atoms with van der Waals surface area (Å²) >= 11 is 0. The lowest BCUT2D eigenvalue weighted by Gasteiger charge is -2.27. The van der Waals surface area contributed by atoms with Crippen molar-refractivity contribution >= 4 is 12.4 Å². The van der Waals surface area contributed by atoms with Gasteiger partial charge in [0.15, 0.2) is 0 Å². The summed E-state index contributed by atoms with van der Waals surface area (Å²) in [5, 5.41) is 1.04. The molecule has 84 valence electrons. The molecule has 0 saturated heterocycles. The van der Waals surface area contributed by atoms with Gasteiger partial charge >= 0.3 is 0 Å². The molecule has 0 aromatic heterocycles. The standard InChI is InChI=1S/C14H17OP/c1-14-9-5-8-13(14)16(15,11-10-14)12-6-3-2-4-7-12/h2-4,6-7,10-11,13H,5,8-9H2,1H3/t13-,14-,16-/m0/s1. The molecule has 1 saturated carbocycles. The third-order valence-corrected chi connectivity index (χ3v) is 7.73. The van der Waals surface area contributed by atoms with Gasteiger partial charge in [-0.3, -0.25) is 0 Å². The summed E-state index contributed by atoms with van der Waals surface area (Å²) in [4.78, 5) is 0. The van der Waals surface area contributed by atoms with Crippen molar-refractivity contribution in [1.82, 2.24) is 0 Å². The Bertz CT molecular complexity index is 477. The molecule has 1 aromatic carbocycles. The Morgan fingerprint density at radius 2 is 2.06 bits per heavy atom. The highest BCUT2D eigenvalue weighted by molar-refractivity contribution is 7.75. The second-order valence-electron chi connectivity index (χ2n) is 5.27. The number of hydrogen-bond donors (Lipinski definition) is 0. The molecule has 3 rings (SSSR count). The van der Waals surface area contributed by atoms with E-state index in [1.54, 1.807) is 0 Å². The van der Waals surface area contributed by atoms with E-state index in [9.17, 15) is 4.57 Å². The first-order chi connectivity index (χ1) is 7.65. The van der Waals surface area contributed by atoms with Crippen molar-refractivity contribution in [3.05, 3.63) is 42.2 Å². The Hall–Kier alpha value is -0.810. The lowest BCUT2D eigenvalue weighted by molar-refractivity contribution is 0.452. The minimum atomic E-state index is -2.27. The van der Waals surface area contributed by atoms with Gasteiger partial charge in [0, 0.05) is 11.0 Å². The summed E-state index contributed by atoms with van der Waals surface area (Å²) in [6.45, 7) is 2.27. The predicted octanol–water partition coefficient (Wildman–Crippen LogP) is 3.76. The Balaban J connectivity index is 2.09. The van der Waals surface area contributed by atoms with Gasteiger partial charge < -0.3 is 4.57 Å². The molecule has 16 heavy (non-hydrogen) atoms. The maximum atomic E-state index is 13.1. The average Bonchev–Trinajstić information content (AvgIpc) is 2.80. The van der Waals surface area contributed by atoms with Crippen molar-refractivity contribution in [2.75, 3.05) is 0 Å². The molecule has 0 spiro atoms. The van der Waals surface area contributed by atoms with Crippen molar-refractivity contribution in [3.8, 4) is 0 Å². The number of hydrogen-bond acceptors (Lipinski definition) is 1. The molecule has 0 radical (unpaired) electrons. The Morgan fingerprint density at radius 3 is 2.81 bits per heavy atom. The van der Waals surface area contributed by atoms with Crippen molar-refractivity contribution < 1.29 is 4.57 Å². The molecule has 2 heteroatoms. The zero-order chi connectivity index (χ0) is 11.2. The molecule has 3 atom stereocenters. The van der Waals surface area contributed by atoms with E-state index in [0.717, 1.165) is 11.7 Å². The smallest absolute Gasteiger partial charge is 0.139 e. The minimum Gasteiger partial charge on any atom is -0.314 e. The molecular weight excluding hydrogens is 215 g/mol. The van der Waals surface area contributed by atoms with E-state index in [-0.39, 0.29) is 5.41 Å². The molecule has 1 aliphatic heterocycles. The van der Waals surface area contributed by atoms with Crippen LogP contribution in [0.25, 0.3) is 0 Å². The Kier molecular flexibility index (Phi) is 2.16. The third-order valence-electron chi connectivity index (χ3n) is 4.25. The van der Waals surface area contributed by atoms with Crippen molar-refractivity contribution in [1.29, 1.82) is 0 Å². The zero-order valence-electron chi connectivity index (χ0n) is 9.60. The largest absolute Gasteiger partial charge is 0.314 e. The van der Waals surface area contributed by atoms with Gasteiger partial charge in [0.2, 0.25) is 0 Å². The quantitative estimate of drug-likeness (QED) is 0.674. The maximum absolute atomic E-state index is 13.1. The van der Waals surface area contributed by atoms with Crippen LogP contribution in [-0.2, 0) is 4.57 Å². The summed E-state index contributed by atoms with van der Waals surface area (Å²) in [6, 6.07) is 10.0. The van der Waals surface area contributed by atoms with Gasteiger partial charge in [0.05, 0.1) is 0 Å². The Labute approximate surface area is 96.9 Å². The van der Waals surface area contributed by atoms with E-state index in [2.05, 4.69) is 13.0 Å². The van der Waals surface area contributed by atoms with Crippen LogP contribution in [0.3, 0.4) is 0 Å². The van der Waals surface area contributed by atoms with Crippen LogP contribution in [0.2, 0.25) is 0 Å². The number of allylic oxidation sites excluding steroid dienone is 1. The van der Waals surface area contributed by atoms with Crippen molar-refractivity contribution in [2.24, 2.45) is 5.41 Å². The summed E-state index contributed by atoms with van der Waals surface area (Å²) < 4.78 is 13.1. The van der Waals surface area contributed by atoms with Gasteiger partial charge in [-0.05, 0) is 24.1 Å². The molecule has 1 heterocycles. The van der Waals surface area contributed by atoms with Crippen LogP contribution in [0.15, 0.2) is 42.2 Å². The van der Waals surface area contributed by atoms with E-state index in [0.29, 0.717) is 5.66 Å². The lowest BCUT2D eigenvalue weighted by Crippen LogP contribution is -2.23. The molecule has 1 aromatic rings. The number of rotatable bonds is 1. The van der Waals surface area contributed by atoms with Crippen LogP contribution in [-0.4, -0.2) is 5.66 Å².